The van der Waals surface area contributed by atoms with Gasteiger partial charge >= 0.3 is 6.36 Å². The summed E-state index contributed by atoms with van der Waals surface area (Å²) in [5, 5.41) is 0. The predicted octanol–water partition coefficient (Wildman–Crippen LogP) is 3.99. The van der Waals surface area contributed by atoms with E-state index in [1.807, 2.05) is 0 Å². The number of aliphatic imine (C=N–C) groups is 1. The Kier molecular flexibility index (Phi) is 4.60. The number of ether oxygens (including phenoxy) is 1. The highest BCUT2D eigenvalue weighted by Crippen LogP contribution is 2.40. The van der Waals surface area contributed by atoms with Gasteiger partial charge in [-0.05, 0) is 51.3 Å². The molecule has 0 aliphatic carbocycles. The molecule has 0 radical (unpaired) electrons. The number of halogens is 5. The second-order valence-electron chi connectivity index (χ2n) is 5.89. The van der Waals surface area contributed by atoms with E-state index in [-0.39, 0.29) is 16.2 Å². The molecule has 1 heterocycles. The van der Waals surface area contributed by atoms with Crippen LogP contribution < -0.4 is 10.5 Å². The summed E-state index contributed by atoms with van der Waals surface area (Å²) in [5.74, 6) is -0.484. The molecule has 1 unspecified atom stereocenters. The normalized spacial score (nSPS) is 20.2. The number of nitrogens with two attached hydrogens (primary N) is 1. The summed E-state index contributed by atoms with van der Waals surface area (Å²) in [6.45, 7) is 0.358. The molecule has 1 aliphatic heterocycles. The summed E-state index contributed by atoms with van der Waals surface area (Å²) in [5.41, 5.74) is 6.22. The highest BCUT2D eigenvalue weighted by atomic mass is 79.9. The quantitative estimate of drug-likeness (QED) is 0.747. The van der Waals surface area contributed by atoms with Gasteiger partial charge in [-0.15, -0.1) is 13.2 Å². The molecule has 2 aromatic carbocycles. The van der Waals surface area contributed by atoms with Crippen LogP contribution in [0.15, 0.2) is 51.9 Å². The lowest BCUT2D eigenvalue weighted by Crippen LogP contribution is -2.34. The average Bonchev–Trinajstić information content (AvgIpc) is 2.85. The highest BCUT2D eigenvalue weighted by Gasteiger charge is 2.41. The Balaban J connectivity index is 2.07. The minimum atomic E-state index is -4.77. The van der Waals surface area contributed by atoms with Crippen LogP contribution in [0.4, 0.5) is 17.6 Å². The second kappa shape index (κ2) is 6.46. The van der Waals surface area contributed by atoms with Crippen molar-refractivity contribution in [3.05, 3.63) is 63.9 Å². The van der Waals surface area contributed by atoms with Crippen molar-refractivity contribution in [2.75, 3.05) is 13.6 Å². The van der Waals surface area contributed by atoms with Crippen LogP contribution in [0.1, 0.15) is 11.1 Å². The zero-order chi connectivity index (χ0) is 19.1. The van der Waals surface area contributed by atoms with Crippen molar-refractivity contribution in [1.29, 1.82) is 0 Å². The van der Waals surface area contributed by atoms with Crippen LogP contribution in [0, 0.1) is 5.82 Å². The highest BCUT2D eigenvalue weighted by molar-refractivity contribution is 9.10. The van der Waals surface area contributed by atoms with Gasteiger partial charge in [-0.25, -0.2) is 9.38 Å². The fourth-order valence-corrected chi connectivity index (χ4v) is 3.28. The van der Waals surface area contributed by atoms with E-state index in [1.54, 1.807) is 24.1 Å². The summed E-state index contributed by atoms with van der Waals surface area (Å²) in [6.07, 6.45) is -4.77. The minimum absolute atomic E-state index is 0.259. The summed E-state index contributed by atoms with van der Waals surface area (Å²) >= 11 is 3.15. The summed E-state index contributed by atoms with van der Waals surface area (Å²) < 4.78 is 54.9. The number of nitrogens with zero attached hydrogens (tertiary/aromatic N) is 2. The van der Waals surface area contributed by atoms with Gasteiger partial charge in [0.25, 0.3) is 0 Å². The Bertz CT molecular complexity index is 854. The number of hydrogen-bond donors (Lipinski definition) is 1. The first-order valence-corrected chi connectivity index (χ1v) is 8.28. The Hall–Kier alpha value is -2.29. The number of hydrogen-bond acceptors (Lipinski definition) is 4. The standard InChI is InChI=1S/C17H14BrF4N3O/c1-25-9-16(24-15(25)23,11-4-7-14(19)13(18)8-11)10-2-5-12(6-3-10)26-17(20,21)22/h2-8H,9H2,1H3,(H2,23,24). The molecular formula is C17H14BrF4N3O. The maximum absolute atomic E-state index is 13.6. The minimum Gasteiger partial charge on any atom is -0.406 e. The van der Waals surface area contributed by atoms with Crippen molar-refractivity contribution in [2.24, 2.45) is 10.7 Å². The van der Waals surface area contributed by atoms with Gasteiger partial charge in [0.05, 0.1) is 11.0 Å². The molecule has 0 spiro atoms. The van der Waals surface area contributed by atoms with Gasteiger partial charge in [0.15, 0.2) is 5.96 Å². The first-order chi connectivity index (χ1) is 12.1. The van der Waals surface area contributed by atoms with Crippen LogP contribution in [0.25, 0.3) is 0 Å². The van der Waals surface area contributed by atoms with Crippen LogP contribution in [-0.2, 0) is 5.54 Å². The molecule has 26 heavy (non-hydrogen) atoms. The lowest BCUT2D eigenvalue weighted by Gasteiger charge is -2.28. The number of guanidine groups is 1. The molecule has 0 saturated carbocycles. The molecule has 2 N–H and O–H groups in total. The zero-order valence-corrected chi connectivity index (χ0v) is 15.1. The first-order valence-electron chi connectivity index (χ1n) is 7.49. The summed E-state index contributed by atoms with van der Waals surface area (Å²) in [4.78, 5) is 6.25. The third kappa shape index (κ3) is 3.48. The molecule has 9 heteroatoms. The van der Waals surface area contributed by atoms with Gasteiger partial charge in [0.1, 0.15) is 17.1 Å². The Morgan fingerprint density at radius 3 is 2.27 bits per heavy atom. The number of rotatable bonds is 3. The number of alkyl halides is 3. The third-order valence-electron chi connectivity index (χ3n) is 4.13. The van der Waals surface area contributed by atoms with Crippen LogP contribution in [0.5, 0.6) is 5.75 Å². The second-order valence-corrected chi connectivity index (χ2v) is 6.74. The Morgan fingerprint density at radius 2 is 1.77 bits per heavy atom. The van der Waals surface area contributed by atoms with Crippen LogP contribution in [-0.4, -0.2) is 30.8 Å². The van der Waals surface area contributed by atoms with E-state index in [0.717, 1.165) is 0 Å². The molecule has 1 aliphatic rings. The van der Waals surface area contributed by atoms with Gasteiger partial charge in [0.2, 0.25) is 0 Å². The fraction of sp³-hybridized carbons (Fsp3) is 0.235. The molecule has 0 amide bonds. The van der Waals surface area contributed by atoms with E-state index in [1.165, 1.54) is 30.3 Å². The van der Waals surface area contributed by atoms with E-state index in [2.05, 4.69) is 25.7 Å². The van der Waals surface area contributed by atoms with Gasteiger partial charge < -0.3 is 15.4 Å². The van der Waals surface area contributed by atoms with E-state index >= 15 is 0 Å². The Morgan fingerprint density at radius 1 is 1.15 bits per heavy atom. The van der Waals surface area contributed by atoms with E-state index < -0.39 is 17.7 Å². The fourth-order valence-electron chi connectivity index (χ4n) is 2.90. The topological polar surface area (TPSA) is 50.8 Å². The maximum atomic E-state index is 13.6. The summed E-state index contributed by atoms with van der Waals surface area (Å²) in [7, 11) is 1.75. The summed E-state index contributed by atoms with van der Waals surface area (Å²) in [6, 6.07) is 9.89. The van der Waals surface area contributed by atoms with Crippen molar-refractivity contribution >= 4 is 21.9 Å². The van der Waals surface area contributed by atoms with E-state index in [0.29, 0.717) is 17.7 Å². The number of benzene rings is 2. The zero-order valence-electron chi connectivity index (χ0n) is 13.5. The van der Waals surface area contributed by atoms with Crippen LogP contribution in [0.3, 0.4) is 0 Å². The first kappa shape index (κ1) is 18.5. The molecule has 2 aromatic rings. The predicted molar refractivity (Wildman–Crippen MR) is 92.3 cm³/mol. The van der Waals surface area contributed by atoms with Gasteiger partial charge in [-0.2, -0.15) is 0 Å². The largest absolute Gasteiger partial charge is 0.573 e. The van der Waals surface area contributed by atoms with Crippen molar-refractivity contribution in [2.45, 2.75) is 11.9 Å². The number of likely N-dealkylation sites (N-methyl/N-ethyl adjacent to an activating group) is 1. The molecule has 0 bridgehead atoms. The van der Waals surface area contributed by atoms with Crippen molar-refractivity contribution in [1.82, 2.24) is 4.90 Å². The van der Waals surface area contributed by atoms with Crippen molar-refractivity contribution in [3.8, 4) is 5.75 Å². The third-order valence-corrected chi connectivity index (χ3v) is 4.73. The SMILES string of the molecule is CN1CC(c2ccc(OC(F)(F)F)cc2)(c2ccc(F)c(Br)c2)N=C1N. The smallest absolute Gasteiger partial charge is 0.406 e. The van der Waals surface area contributed by atoms with Crippen LogP contribution >= 0.6 is 15.9 Å². The monoisotopic (exact) mass is 431 g/mol. The van der Waals surface area contributed by atoms with Crippen molar-refractivity contribution < 1.29 is 22.3 Å². The van der Waals surface area contributed by atoms with Crippen molar-refractivity contribution in [3.63, 3.8) is 0 Å². The average molecular weight is 432 g/mol. The lowest BCUT2D eigenvalue weighted by atomic mass is 9.83. The van der Waals surface area contributed by atoms with E-state index in [9.17, 15) is 17.6 Å². The Labute approximate surface area is 155 Å². The molecule has 1 atom stereocenters. The van der Waals surface area contributed by atoms with Gasteiger partial charge in [-0.3, -0.25) is 0 Å². The van der Waals surface area contributed by atoms with Gasteiger partial charge in [-0.1, -0.05) is 18.2 Å². The molecular weight excluding hydrogens is 418 g/mol. The molecule has 0 saturated heterocycles. The molecule has 4 nitrogen and oxygen atoms in total. The van der Waals surface area contributed by atoms with Gasteiger partial charge in [0, 0.05) is 7.05 Å². The maximum Gasteiger partial charge on any atom is 0.573 e. The molecule has 3 rings (SSSR count). The lowest BCUT2D eigenvalue weighted by molar-refractivity contribution is -0.274. The van der Waals surface area contributed by atoms with Crippen LogP contribution in [0.2, 0.25) is 0 Å². The molecule has 0 aromatic heterocycles. The molecule has 138 valence electrons. The van der Waals surface area contributed by atoms with E-state index in [4.69, 9.17) is 5.73 Å². The molecule has 0 fully saturated rings.